The highest BCUT2D eigenvalue weighted by molar-refractivity contribution is 5.77. The highest BCUT2D eigenvalue weighted by Crippen LogP contribution is 2.10. The van der Waals surface area contributed by atoms with Gasteiger partial charge in [0, 0.05) is 13.0 Å². The first kappa shape index (κ1) is 22.0. The number of urea groups is 1. The predicted molar refractivity (Wildman–Crippen MR) is 104 cm³/mol. The van der Waals surface area contributed by atoms with Crippen molar-refractivity contribution >= 4 is 11.9 Å². The first-order chi connectivity index (χ1) is 12.5. The lowest BCUT2D eigenvalue weighted by molar-refractivity contribution is -0.119. The number of carbonyl (C=O) groups excluding carboxylic acids is 2. The molecule has 0 radical (unpaired) electrons. The van der Waals surface area contributed by atoms with Gasteiger partial charge in [-0.2, -0.15) is 0 Å². The number of benzene rings is 1. The highest BCUT2D eigenvalue weighted by Gasteiger charge is 2.23. The quantitative estimate of drug-likeness (QED) is 0.405. The van der Waals surface area contributed by atoms with Gasteiger partial charge in [-0.1, -0.05) is 56.5 Å². The molecule has 0 aromatic heterocycles. The van der Waals surface area contributed by atoms with E-state index in [9.17, 15) is 14.7 Å². The highest BCUT2D eigenvalue weighted by atomic mass is 16.3. The molecule has 1 unspecified atom stereocenters. The van der Waals surface area contributed by atoms with E-state index >= 15 is 0 Å². The second-order valence-corrected chi connectivity index (χ2v) is 6.68. The summed E-state index contributed by atoms with van der Waals surface area (Å²) >= 11 is 0. The molecule has 0 bridgehead atoms. The lowest BCUT2D eigenvalue weighted by Crippen LogP contribution is -2.49. The van der Waals surface area contributed by atoms with Gasteiger partial charge in [0.05, 0.1) is 12.1 Å². The van der Waals surface area contributed by atoms with Crippen LogP contribution in [0.25, 0.3) is 0 Å². The minimum absolute atomic E-state index is 0.0737. The number of aliphatic hydroxyl groups excluding tert-OH is 1. The Morgan fingerprint density at radius 3 is 2.50 bits per heavy atom. The van der Waals surface area contributed by atoms with Crippen LogP contribution in [-0.4, -0.2) is 35.7 Å². The first-order valence-corrected chi connectivity index (χ1v) is 9.57. The van der Waals surface area contributed by atoms with Gasteiger partial charge in [0.15, 0.2) is 0 Å². The number of hydrogen-bond donors (Lipinski definition) is 4. The molecule has 6 nitrogen and oxygen atoms in total. The number of aryl methyl sites for hydroxylation is 1. The van der Waals surface area contributed by atoms with Crippen molar-refractivity contribution in [2.75, 3.05) is 6.54 Å². The fourth-order valence-electron chi connectivity index (χ4n) is 2.83. The minimum Gasteiger partial charge on any atom is -0.391 e. The van der Waals surface area contributed by atoms with Crippen molar-refractivity contribution in [3.05, 3.63) is 35.9 Å². The lowest BCUT2D eigenvalue weighted by Gasteiger charge is -2.23. The fraction of sp³-hybridized carbons (Fsp3) is 0.600. The number of nitrogens with one attached hydrogen (secondary N) is 2. The van der Waals surface area contributed by atoms with Crippen LogP contribution in [0, 0.1) is 0 Å². The lowest BCUT2D eigenvalue weighted by atomic mass is 9.99. The summed E-state index contributed by atoms with van der Waals surface area (Å²) in [5, 5.41) is 15.8. The van der Waals surface area contributed by atoms with E-state index in [-0.39, 0.29) is 12.5 Å². The van der Waals surface area contributed by atoms with Gasteiger partial charge in [-0.15, -0.1) is 0 Å². The molecule has 1 aromatic carbocycles. The topological polar surface area (TPSA) is 104 Å². The summed E-state index contributed by atoms with van der Waals surface area (Å²) < 4.78 is 0. The number of carbonyl (C=O) groups is 2. The molecular weight excluding hydrogens is 330 g/mol. The SMILES string of the molecule is CCCCCCNC(=O)N[C@H](CC(N)=O)C(O)CCCc1ccccc1. The summed E-state index contributed by atoms with van der Waals surface area (Å²) in [5.41, 5.74) is 6.46. The largest absolute Gasteiger partial charge is 0.391 e. The van der Waals surface area contributed by atoms with Crippen LogP contribution in [0.15, 0.2) is 30.3 Å². The minimum atomic E-state index is -0.808. The van der Waals surface area contributed by atoms with E-state index in [2.05, 4.69) is 17.6 Å². The maximum atomic E-state index is 12.0. The maximum absolute atomic E-state index is 12.0. The number of hydrogen-bond acceptors (Lipinski definition) is 3. The third kappa shape index (κ3) is 10.0. The summed E-state index contributed by atoms with van der Waals surface area (Å²) in [4.78, 5) is 23.2. The van der Waals surface area contributed by atoms with Crippen molar-refractivity contribution < 1.29 is 14.7 Å². The number of aliphatic hydroxyl groups is 1. The first-order valence-electron chi connectivity index (χ1n) is 9.57. The zero-order chi connectivity index (χ0) is 19.2. The summed E-state index contributed by atoms with van der Waals surface area (Å²) in [6, 6.07) is 8.97. The van der Waals surface area contributed by atoms with Crippen molar-refractivity contribution in [3.8, 4) is 0 Å². The van der Waals surface area contributed by atoms with Crippen LogP contribution in [0.2, 0.25) is 0 Å². The molecule has 0 saturated carbocycles. The van der Waals surface area contributed by atoms with E-state index in [1.807, 2.05) is 30.3 Å². The Hall–Kier alpha value is -2.08. The van der Waals surface area contributed by atoms with Crippen LogP contribution in [0.4, 0.5) is 4.79 Å². The van der Waals surface area contributed by atoms with Crippen molar-refractivity contribution in [1.82, 2.24) is 10.6 Å². The number of primary amides is 1. The standard InChI is InChI=1S/C20H33N3O3/c1-2-3-4-8-14-22-20(26)23-17(15-19(21)25)18(24)13-9-12-16-10-6-5-7-11-16/h5-7,10-11,17-18,24H,2-4,8-9,12-15H2,1H3,(H2,21,25)(H2,22,23,26)/t17-,18?/m1/s1. The molecule has 0 spiro atoms. The van der Waals surface area contributed by atoms with Gasteiger partial charge in [-0.3, -0.25) is 4.79 Å². The van der Waals surface area contributed by atoms with Crippen molar-refractivity contribution in [2.45, 2.75) is 70.4 Å². The normalized spacial score (nSPS) is 13.0. The zero-order valence-electron chi connectivity index (χ0n) is 15.7. The molecule has 0 saturated heterocycles. The van der Waals surface area contributed by atoms with Gasteiger partial charge in [-0.25, -0.2) is 4.79 Å². The third-order valence-corrected chi connectivity index (χ3v) is 4.33. The van der Waals surface area contributed by atoms with E-state index in [0.717, 1.165) is 38.5 Å². The van der Waals surface area contributed by atoms with Crippen LogP contribution in [0.3, 0.4) is 0 Å². The van der Waals surface area contributed by atoms with Crippen LogP contribution < -0.4 is 16.4 Å². The van der Waals surface area contributed by atoms with Crippen LogP contribution in [0.1, 0.15) is 57.4 Å². The Kier molecular flexibility index (Phi) is 11.1. The Bertz CT molecular complexity index is 522. The van der Waals surface area contributed by atoms with Gasteiger partial charge < -0.3 is 21.5 Å². The van der Waals surface area contributed by atoms with Crippen molar-refractivity contribution in [3.63, 3.8) is 0 Å². The van der Waals surface area contributed by atoms with Crippen LogP contribution in [0.5, 0.6) is 0 Å². The van der Waals surface area contributed by atoms with E-state index in [1.54, 1.807) is 0 Å². The monoisotopic (exact) mass is 363 g/mol. The third-order valence-electron chi connectivity index (χ3n) is 4.33. The summed E-state index contributed by atoms with van der Waals surface area (Å²) in [6.45, 7) is 2.72. The van der Waals surface area contributed by atoms with Crippen molar-refractivity contribution in [1.29, 1.82) is 0 Å². The molecule has 146 valence electrons. The van der Waals surface area contributed by atoms with Crippen LogP contribution >= 0.6 is 0 Å². The number of nitrogens with two attached hydrogens (primary N) is 1. The Morgan fingerprint density at radius 2 is 1.85 bits per heavy atom. The molecular formula is C20H33N3O3. The van der Waals surface area contributed by atoms with Gasteiger partial charge >= 0.3 is 6.03 Å². The molecule has 26 heavy (non-hydrogen) atoms. The summed E-state index contributed by atoms with van der Waals surface area (Å²) in [5.74, 6) is -0.541. The predicted octanol–water partition coefficient (Wildman–Crippen LogP) is 2.49. The second kappa shape index (κ2) is 13.2. The Balaban J connectivity index is 2.38. The molecule has 2 atom stereocenters. The van der Waals surface area contributed by atoms with Gasteiger partial charge in [-0.05, 0) is 31.2 Å². The molecule has 3 amide bonds. The molecule has 5 N–H and O–H groups in total. The maximum Gasteiger partial charge on any atom is 0.315 e. The van der Waals surface area contributed by atoms with E-state index in [0.29, 0.717) is 13.0 Å². The van der Waals surface area contributed by atoms with Gasteiger partial charge in [0.1, 0.15) is 0 Å². The number of rotatable bonds is 13. The Labute approximate surface area is 156 Å². The molecule has 0 fully saturated rings. The van der Waals surface area contributed by atoms with Crippen molar-refractivity contribution in [2.24, 2.45) is 5.73 Å². The smallest absolute Gasteiger partial charge is 0.315 e. The number of amides is 3. The average Bonchev–Trinajstić information content (AvgIpc) is 2.61. The van der Waals surface area contributed by atoms with Gasteiger partial charge in [0.25, 0.3) is 0 Å². The fourth-order valence-corrected chi connectivity index (χ4v) is 2.83. The van der Waals surface area contributed by atoms with Gasteiger partial charge in [0.2, 0.25) is 5.91 Å². The van der Waals surface area contributed by atoms with E-state index in [1.165, 1.54) is 5.56 Å². The molecule has 0 aliphatic rings. The molecule has 0 heterocycles. The number of unbranched alkanes of at least 4 members (excludes halogenated alkanes) is 3. The zero-order valence-corrected chi connectivity index (χ0v) is 15.7. The summed E-state index contributed by atoms with van der Waals surface area (Å²) in [6.07, 6.45) is 5.49. The molecule has 0 aliphatic heterocycles. The second-order valence-electron chi connectivity index (χ2n) is 6.68. The average molecular weight is 364 g/mol. The molecule has 1 aromatic rings. The summed E-state index contributed by atoms with van der Waals surface area (Å²) in [7, 11) is 0. The molecule has 0 aliphatic carbocycles. The van der Waals surface area contributed by atoms with E-state index < -0.39 is 18.1 Å². The Morgan fingerprint density at radius 1 is 1.12 bits per heavy atom. The molecule has 6 heteroatoms. The molecule has 1 rings (SSSR count). The van der Waals surface area contributed by atoms with E-state index in [4.69, 9.17) is 5.73 Å². The van der Waals surface area contributed by atoms with Crippen LogP contribution in [-0.2, 0) is 11.2 Å².